The van der Waals surface area contributed by atoms with Crippen LogP contribution in [0.25, 0.3) is 0 Å². The molecule has 2 rings (SSSR count). The molecule has 0 spiro atoms. The minimum atomic E-state index is 0.420. The second-order valence-electron chi connectivity index (χ2n) is 4.05. The lowest BCUT2D eigenvalue weighted by Crippen LogP contribution is -2.00. The Balaban J connectivity index is 2.36. The Bertz CT molecular complexity index is 617. The first-order valence-corrected chi connectivity index (χ1v) is 7.30. The van der Waals surface area contributed by atoms with Crippen molar-refractivity contribution in [1.29, 1.82) is 0 Å². The lowest BCUT2D eigenvalue weighted by molar-refractivity contribution is 0.943. The fraction of sp³-hybridized carbons (Fsp3) is 0.231. The lowest BCUT2D eigenvalue weighted by atomic mass is 10.2. The maximum Gasteiger partial charge on any atom is 0.135 e. The van der Waals surface area contributed by atoms with Gasteiger partial charge in [-0.1, -0.05) is 30.1 Å². The first kappa shape index (κ1) is 14.6. The first-order chi connectivity index (χ1) is 8.99. The molecule has 100 valence electrons. The van der Waals surface area contributed by atoms with Gasteiger partial charge in [0, 0.05) is 22.0 Å². The molecule has 0 fully saturated rings. The van der Waals surface area contributed by atoms with Crippen LogP contribution in [0.3, 0.4) is 0 Å². The summed E-state index contributed by atoms with van der Waals surface area (Å²) in [4.78, 5) is 8.49. The summed E-state index contributed by atoms with van der Waals surface area (Å²) in [7, 11) is 0. The van der Waals surface area contributed by atoms with E-state index in [0.29, 0.717) is 21.8 Å². The lowest BCUT2D eigenvalue weighted by Gasteiger charge is -2.11. The van der Waals surface area contributed by atoms with Gasteiger partial charge in [-0.3, -0.25) is 0 Å². The topological polar surface area (TPSA) is 37.8 Å². The molecule has 0 aliphatic heterocycles. The zero-order valence-electron chi connectivity index (χ0n) is 10.5. The molecular weight excluding hydrogens is 349 g/mol. The van der Waals surface area contributed by atoms with Crippen LogP contribution in [-0.4, -0.2) is 9.97 Å². The highest BCUT2D eigenvalue weighted by atomic mass is 79.9. The van der Waals surface area contributed by atoms with Gasteiger partial charge in [-0.15, -0.1) is 0 Å². The Kier molecular flexibility index (Phi) is 4.66. The maximum absolute atomic E-state index is 6.12. The molecule has 6 heteroatoms. The number of nitrogens with zero attached hydrogens (tertiary/aromatic N) is 2. The normalized spacial score (nSPS) is 10.6. The van der Waals surface area contributed by atoms with Crippen LogP contribution in [0.2, 0.25) is 10.2 Å². The number of anilines is 2. The Morgan fingerprint density at radius 3 is 2.63 bits per heavy atom. The Morgan fingerprint density at radius 1 is 1.21 bits per heavy atom. The second kappa shape index (κ2) is 6.07. The van der Waals surface area contributed by atoms with Gasteiger partial charge in [0.1, 0.15) is 16.8 Å². The minimum Gasteiger partial charge on any atom is -0.339 e. The number of benzene rings is 1. The van der Waals surface area contributed by atoms with E-state index in [9.17, 15) is 0 Å². The van der Waals surface area contributed by atoms with Crippen molar-refractivity contribution in [2.45, 2.75) is 20.3 Å². The highest BCUT2D eigenvalue weighted by Gasteiger charge is 2.07. The number of aromatic nitrogens is 2. The van der Waals surface area contributed by atoms with Crippen LogP contribution in [-0.2, 0) is 6.42 Å². The standard InChI is InChI=1S/C13H12BrCl2N3/c1-3-12-18-11(16)6-13(19-12)17-10-5-9(15)7(2)4-8(10)14/h4-6H,3H2,1-2H3,(H,17,18,19). The smallest absolute Gasteiger partial charge is 0.135 e. The zero-order valence-corrected chi connectivity index (χ0v) is 13.6. The fourth-order valence-corrected chi connectivity index (χ4v) is 2.49. The van der Waals surface area contributed by atoms with E-state index in [-0.39, 0.29) is 0 Å². The summed E-state index contributed by atoms with van der Waals surface area (Å²) in [6, 6.07) is 5.48. The average molecular weight is 361 g/mol. The number of hydrogen-bond acceptors (Lipinski definition) is 3. The molecule has 1 N–H and O–H groups in total. The van der Waals surface area contributed by atoms with Gasteiger partial charge in [-0.2, -0.15) is 0 Å². The molecule has 1 aromatic carbocycles. The van der Waals surface area contributed by atoms with Crippen molar-refractivity contribution in [2.75, 3.05) is 5.32 Å². The number of rotatable bonds is 3. The summed E-state index contributed by atoms with van der Waals surface area (Å²) >= 11 is 15.6. The van der Waals surface area contributed by atoms with Crippen LogP contribution in [0.1, 0.15) is 18.3 Å². The van der Waals surface area contributed by atoms with Crippen molar-refractivity contribution in [1.82, 2.24) is 9.97 Å². The Morgan fingerprint density at radius 2 is 1.95 bits per heavy atom. The molecule has 0 aliphatic carbocycles. The maximum atomic E-state index is 6.12. The SMILES string of the molecule is CCc1nc(Cl)cc(Nc2cc(Cl)c(C)cc2Br)n1. The van der Waals surface area contributed by atoms with E-state index in [1.54, 1.807) is 6.07 Å². The summed E-state index contributed by atoms with van der Waals surface area (Å²) in [5, 5.41) is 4.30. The summed E-state index contributed by atoms with van der Waals surface area (Å²) in [5.74, 6) is 1.35. The first-order valence-electron chi connectivity index (χ1n) is 5.75. The van der Waals surface area contributed by atoms with Gasteiger partial charge in [0.2, 0.25) is 0 Å². The largest absolute Gasteiger partial charge is 0.339 e. The highest BCUT2D eigenvalue weighted by Crippen LogP contribution is 2.31. The summed E-state index contributed by atoms with van der Waals surface area (Å²) in [5.41, 5.74) is 1.85. The third-order valence-corrected chi connectivity index (χ3v) is 3.83. The summed E-state index contributed by atoms with van der Waals surface area (Å²) in [6.45, 7) is 3.93. The summed E-state index contributed by atoms with van der Waals surface area (Å²) < 4.78 is 0.919. The third kappa shape index (κ3) is 3.59. The molecule has 0 unspecified atom stereocenters. The molecule has 0 saturated heterocycles. The van der Waals surface area contributed by atoms with Gasteiger partial charge >= 0.3 is 0 Å². The van der Waals surface area contributed by atoms with Crippen molar-refractivity contribution >= 4 is 50.6 Å². The van der Waals surface area contributed by atoms with Crippen molar-refractivity contribution in [3.63, 3.8) is 0 Å². The number of halogens is 3. The van der Waals surface area contributed by atoms with E-state index < -0.39 is 0 Å². The van der Waals surface area contributed by atoms with Gasteiger partial charge in [-0.25, -0.2) is 9.97 Å². The van der Waals surface area contributed by atoms with E-state index >= 15 is 0 Å². The van der Waals surface area contributed by atoms with Crippen molar-refractivity contribution in [2.24, 2.45) is 0 Å². The van der Waals surface area contributed by atoms with Crippen LogP contribution in [0.5, 0.6) is 0 Å². The molecule has 0 radical (unpaired) electrons. The van der Waals surface area contributed by atoms with Gasteiger partial charge in [0.25, 0.3) is 0 Å². The molecule has 1 aromatic heterocycles. The van der Waals surface area contributed by atoms with Gasteiger partial charge < -0.3 is 5.32 Å². The van der Waals surface area contributed by atoms with Crippen LogP contribution >= 0.6 is 39.1 Å². The molecule has 0 bridgehead atoms. The summed E-state index contributed by atoms with van der Waals surface area (Å²) in [6.07, 6.45) is 0.727. The predicted molar refractivity (Wildman–Crippen MR) is 83.6 cm³/mol. The molecule has 0 aliphatic rings. The van der Waals surface area contributed by atoms with Crippen LogP contribution < -0.4 is 5.32 Å². The molecule has 0 saturated carbocycles. The van der Waals surface area contributed by atoms with Crippen LogP contribution in [0, 0.1) is 6.92 Å². The zero-order chi connectivity index (χ0) is 14.0. The number of hydrogen-bond donors (Lipinski definition) is 1. The predicted octanol–water partition coefficient (Wildman–Crippen LogP) is 5.16. The van der Waals surface area contributed by atoms with E-state index in [2.05, 4.69) is 31.2 Å². The average Bonchev–Trinajstić information content (AvgIpc) is 2.35. The van der Waals surface area contributed by atoms with Gasteiger partial charge in [0.05, 0.1) is 5.69 Å². The fourth-order valence-electron chi connectivity index (χ4n) is 1.57. The number of aryl methyl sites for hydroxylation is 2. The third-order valence-electron chi connectivity index (χ3n) is 2.57. The molecule has 3 nitrogen and oxygen atoms in total. The van der Waals surface area contributed by atoms with Gasteiger partial charge in [-0.05, 0) is 40.5 Å². The molecule has 2 aromatic rings. The van der Waals surface area contributed by atoms with Crippen molar-refractivity contribution in [3.05, 3.63) is 44.2 Å². The van der Waals surface area contributed by atoms with Crippen LogP contribution in [0.4, 0.5) is 11.5 Å². The van der Waals surface area contributed by atoms with Crippen molar-refractivity contribution < 1.29 is 0 Å². The second-order valence-corrected chi connectivity index (χ2v) is 5.70. The van der Waals surface area contributed by atoms with E-state index in [1.807, 2.05) is 26.0 Å². The molecular formula is C13H12BrCl2N3. The van der Waals surface area contributed by atoms with Gasteiger partial charge in [0.15, 0.2) is 0 Å². The minimum absolute atomic E-state index is 0.420. The van der Waals surface area contributed by atoms with E-state index in [0.717, 1.165) is 22.1 Å². The Hall–Kier alpha value is -0.840. The van der Waals surface area contributed by atoms with E-state index in [1.165, 1.54) is 0 Å². The monoisotopic (exact) mass is 359 g/mol. The number of nitrogens with one attached hydrogen (secondary N) is 1. The molecule has 0 amide bonds. The highest BCUT2D eigenvalue weighted by molar-refractivity contribution is 9.10. The van der Waals surface area contributed by atoms with E-state index in [4.69, 9.17) is 23.2 Å². The Labute approximate surface area is 130 Å². The quantitative estimate of drug-likeness (QED) is 0.768. The molecule has 1 heterocycles. The molecule has 19 heavy (non-hydrogen) atoms. The van der Waals surface area contributed by atoms with Crippen molar-refractivity contribution in [3.8, 4) is 0 Å². The van der Waals surface area contributed by atoms with Crippen LogP contribution in [0.15, 0.2) is 22.7 Å². The molecule has 0 atom stereocenters.